The molecule has 7 nitrogen and oxygen atoms in total. The quantitative estimate of drug-likeness (QED) is 0.670. The molecule has 2 aromatic rings. The van der Waals surface area contributed by atoms with E-state index in [1.54, 1.807) is 21.9 Å². The molecule has 1 aromatic carbocycles. The largest absolute Gasteiger partial charge is 0.459 e. The first-order chi connectivity index (χ1) is 14.1. The molecule has 1 aromatic heterocycles. The minimum atomic E-state index is -0.376. The predicted octanol–water partition coefficient (Wildman–Crippen LogP) is 2.72. The van der Waals surface area contributed by atoms with Gasteiger partial charge in [-0.05, 0) is 37.5 Å². The zero-order chi connectivity index (χ0) is 20.6. The number of rotatable bonds is 7. The van der Waals surface area contributed by atoms with E-state index in [1.165, 1.54) is 6.26 Å². The van der Waals surface area contributed by atoms with Gasteiger partial charge in [-0.25, -0.2) is 0 Å². The minimum absolute atomic E-state index is 0.170. The van der Waals surface area contributed by atoms with E-state index in [9.17, 15) is 14.4 Å². The van der Waals surface area contributed by atoms with E-state index < -0.39 is 0 Å². The van der Waals surface area contributed by atoms with Gasteiger partial charge < -0.3 is 19.0 Å². The molecule has 154 valence electrons. The molecule has 0 radical (unpaired) electrons. The first-order valence-electron chi connectivity index (χ1n) is 9.89. The number of benzene rings is 1. The van der Waals surface area contributed by atoms with Gasteiger partial charge in [0.2, 0.25) is 0 Å². The summed E-state index contributed by atoms with van der Waals surface area (Å²) >= 11 is 0. The summed E-state index contributed by atoms with van der Waals surface area (Å²) in [5.74, 6) is -0.756. The maximum atomic E-state index is 12.4. The molecule has 0 N–H and O–H groups in total. The summed E-state index contributed by atoms with van der Waals surface area (Å²) in [5.41, 5.74) is 1.03. The fraction of sp³-hybridized carbons (Fsp3) is 0.409. The van der Waals surface area contributed by atoms with Gasteiger partial charge in [0.25, 0.3) is 11.8 Å². The Bertz CT molecular complexity index is 811. The number of likely N-dealkylation sites (tertiary alicyclic amines) is 1. The number of ether oxygens (including phenoxy) is 1. The Morgan fingerprint density at radius 3 is 2.45 bits per heavy atom. The second-order valence-corrected chi connectivity index (χ2v) is 7.04. The van der Waals surface area contributed by atoms with Crippen LogP contribution in [0.3, 0.4) is 0 Å². The minimum Gasteiger partial charge on any atom is -0.459 e. The fourth-order valence-electron chi connectivity index (χ4n) is 3.40. The smallest absolute Gasteiger partial charge is 0.309 e. The molecule has 1 aliphatic heterocycles. The molecule has 0 bridgehead atoms. The summed E-state index contributed by atoms with van der Waals surface area (Å²) < 4.78 is 10.4. The number of piperidine rings is 1. The molecular weight excluding hydrogens is 372 g/mol. The molecule has 1 aliphatic rings. The number of nitrogens with zero attached hydrogens (tertiary/aromatic N) is 2. The van der Waals surface area contributed by atoms with Gasteiger partial charge in [-0.1, -0.05) is 30.3 Å². The maximum absolute atomic E-state index is 12.4. The van der Waals surface area contributed by atoms with Crippen molar-refractivity contribution in [2.45, 2.75) is 26.3 Å². The molecule has 0 aliphatic carbocycles. The Hall–Kier alpha value is -3.09. The molecule has 0 unspecified atom stereocenters. The van der Waals surface area contributed by atoms with Gasteiger partial charge in [0.15, 0.2) is 12.4 Å². The highest BCUT2D eigenvalue weighted by Crippen LogP contribution is 2.20. The third-order valence-electron chi connectivity index (χ3n) is 5.14. The number of likely N-dealkylation sites (N-methyl/N-ethyl adjacent to an activating group) is 1. The third-order valence-corrected chi connectivity index (χ3v) is 5.14. The molecule has 2 amide bonds. The Morgan fingerprint density at radius 1 is 1.10 bits per heavy atom. The lowest BCUT2D eigenvalue weighted by Crippen LogP contribution is -2.41. The predicted molar refractivity (Wildman–Crippen MR) is 106 cm³/mol. The van der Waals surface area contributed by atoms with Gasteiger partial charge in [0.05, 0.1) is 12.2 Å². The first kappa shape index (κ1) is 20.6. The average Bonchev–Trinajstić information content (AvgIpc) is 3.31. The number of furan rings is 1. The van der Waals surface area contributed by atoms with Crippen molar-refractivity contribution in [3.05, 3.63) is 60.1 Å². The number of hydrogen-bond donors (Lipinski definition) is 0. The van der Waals surface area contributed by atoms with Crippen LogP contribution in [0.1, 0.15) is 35.9 Å². The molecule has 29 heavy (non-hydrogen) atoms. The average molecular weight is 398 g/mol. The third kappa shape index (κ3) is 5.47. The van der Waals surface area contributed by atoms with Crippen molar-refractivity contribution in [1.29, 1.82) is 0 Å². The van der Waals surface area contributed by atoms with Gasteiger partial charge in [-0.15, -0.1) is 0 Å². The molecule has 1 fully saturated rings. The fourth-order valence-corrected chi connectivity index (χ4v) is 3.40. The summed E-state index contributed by atoms with van der Waals surface area (Å²) in [7, 11) is 0. The van der Waals surface area contributed by atoms with Crippen LogP contribution in [0.15, 0.2) is 53.1 Å². The summed E-state index contributed by atoms with van der Waals surface area (Å²) in [6.45, 7) is 3.59. The van der Waals surface area contributed by atoms with Crippen LogP contribution in [0.5, 0.6) is 0 Å². The lowest BCUT2D eigenvalue weighted by Gasteiger charge is -2.30. The van der Waals surface area contributed by atoms with Gasteiger partial charge in [0, 0.05) is 26.2 Å². The van der Waals surface area contributed by atoms with Crippen LogP contribution in [-0.2, 0) is 20.9 Å². The highest BCUT2D eigenvalue weighted by Gasteiger charge is 2.30. The van der Waals surface area contributed by atoms with Crippen molar-refractivity contribution >= 4 is 17.8 Å². The lowest BCUT2D eigenvalue weighted by molar-refractivity contribution is -0.156. The SMILES string of the molecule is CCN(Cc1ccccc1)C(=O)COC(=O)C1CCN(C(=O)c2ccco2)CC1. The Morgan fingerprint density at radius 2 is 1.83 bits per heavy atom. The summed E-state index contributed by atoms with van der Waals surface area (Å²) in [6.07, 6.45) is 2.49. The maximum Gasteiger partial charge on any atom is 0.309 e. The van der Waals surface area contributed by atoms with E-state index in [4.69, 9.17) is 9.15 Å². The van der Waals surface area contributed by atoms with Crippen LogP contribution in [0.2, 0.25) is 0 Å². The standard InChI is InChI=1S/C22H26N2O5/c1-2-23(15-17-7-4-3-5-8-17)20(25)16-29-22(27)18-10-12-24(13-11-18)21(26)19-9-6-14-28-19/h3-9,14,18H,2,10-13,15-16H2,1H3. The summed E-state index contributed by atoms with van der Waals surface area (Å²) in [6, 6.07) is 13.0. The van der Waals surface area contributed by atoms with Gasteiger partial charge in [-0.2, -0.15) is 0 Å². The monoisotopic (exact) mass is 398 g/mol. The Labute approximate surface area is 170 Å². The summed E-state index contributed by atoms with van der Waals surface area (Å²) in [5, 5.41) is 0. The topological polar surface area (TPSA) is 80.1 Å². The van der Waals surface area contributed by atoms with E-state index in [2.05, 4.69) is 0 Å². The van der Waals surface area contributed by atoms with E-state index in [0.29, 0.717) is 44.8 Å². The van der Waals surface area contributed by atoms with Gasteiger partial charge in [0.1, 0.15) is 0 Å². The second-order valence-electron chi connectivity index (χ2n) is 7.04. The molecule has 3 rings (SSSR count). The number of hydrogen-bond acceptors (Lipinski definition) is 5. The van der Waals surface area contributed by atoms with Crippen molar-refractivity contribution in [3.63, 3.8) is 0 Å². The van der Waals surface area contributed by atoms with Crippen LogP contribution in [0.4, 0.5) is 0 Å². The van der Waals surface area contributed by atoms with Crippen LogP contribution in [0.25, 0.3) is 0 Å². The number of carbonyl (C=O) groups is 3. The Balaban J connectivity index is 1.43. The van der Waals surface area contributed by atoms with Crippen LogP contribution in [-0.4, -0.2) is 53.8 Å². The molecule has 0 atom stereocenters. The van der Waals surface area contributed by atoms with E-state index in [0.717, 1.165) is 5.56 Å². The molecule has 7 heteroatoms. The van der Waals surface area contributed by atoms with Crippen LogP contribution in [0, 0.1) is 5.92 Å². The number of carbonyl (C=O) groups excluding carboxylic acids is 3. The van der Waals surface area contributed by atoms with E-state index >= 15 is 0 Å². The second kappa shape index (κ2) is 9.91. The van der Waals surface area contributed by atoms with Crippen molar-refractivity contribution in [3.8, 4) is 0 Å². The molecular formula is C22H26N2O5. The van der Waals surface area contributed by atoms with Gasteiger partial charge >= 0.3 is 5.97 Å². The normalized spacial score (nSPS) is 14.4. The highest BCUT2D eigenvalue weighted by atomic mass is 16.5. The van der Waals surface area contributed by atoms with Crippen molar-refractivity contribution in [2.24, 2.45) is 5.92 Å². The van der Waals surface area contributed by atoms with Crippen molar-refractivity contribution < 1.29 is 23.5 Å². The lowest BCUT2D eigenvalue weighted by atomic mass is 9.97. The van der Waals surface area contributed by atoms with Crippen molar-refractivity contribution in [1.82, 2.24) is 9.80 Å². The summed E-state index contributed by atoms with van der Waals surface area (Å²) in [4.78, 5) is 40.4. The van der Waals surface area contributed by atoms with Gasteiger partial charge in [-0.3, -0.25) is 14.4 Å². The molecule has 0 spiro atoms. The molecule has 2 heterocycles. The molecule has 0 saturated carbocycles. The zero-order valence-electron chi connectivity index (χ0n) is 16.6. The first-order valence-corrected chi connectivity index (χ1v) is 9.89. The Kier molecular flexibility index (Phi) is 7.05. The van der Waals surface area contributed by atoms with Crippen LogP contribution >= 0.6 is 0 Å². The van der Waals surface area contributed by atoms with Crippen LogP contribution < -0.4 is 0 Å². The molecule has 1 saturated heterocycles. The number of esters is 1. The van der Waals surface area contributed by atoms with E-state index in [1.807, 2.05) is 37.3 Å². The van der Waals surface area contributed by atoms with E-state index in [-0.39, 0.29) is 30.3 Å². The van der Waals surface area contributed by atoms with Crippen molar-refractivity contribution in [2.75, 3.05) is 26.2 Å². The zero-order valence-corrected chi connectivity index (χ0v) is 16.6. The number of amides is 2. The highest BCUT2D eigenvalue weighted by molar-refractivity contribution is 5.91.